The molecule has 0 aromatic carbocycles. The third kappa shape index (κ3) is 1.59. The monoisotopic (exact) mass is 204 g/mol. The summed E-state index contributed by atoms with van der Waals surface area (Å²) in [5, 5.41) is 0. The molecule has 1 aliphatic heterocycles. The number of rotatable bonds is 1. The van der Waals surface area contributed by atoms with Crippen molar-refractivity contribution in [3.63, 3.8) is 0 Å². The number of hydrogen-bond donors (Lipinski definition) is 1. The summed E-state index contributed by atoms with van der Waals surface area (Å²) < 4.78 is 5.32. The number of H-pyrrole nitrogens is 1. The molecule has 1 aliphatic rings. The molecule has 0 saturated carbocycles. The number of nitrogens with zero attached hydrogens (tertiary/aromatic N) is 3. The van der Waals surface area contributed by atoms with Crippen LogP contribution in [0, 0.1) is 0 Å². The quantitative estimate of drug-likeness (QED) is 0.759. The minimum Gasteiger partial charge on any atom is -0.381 e. The van der Waals surface area contributed by atoms with Crippen LogP contribution in [0.5, 0.6) is 0 Å². The highest BCUT2D eigenvalue weighted by Gasteiger charge is 2.18. The molecule has 0 aliphatic carbocycles. The Morgan fingerprint density at radius 3 is 3.00 bits per heavy atom. The Kier molecular flexibility index (Phi) is 2.10. The second-order valence-corrected chi connectivity index (χ2v) is 3.75. The van der Waals surface area contributed by atoms with E-state index in [1.54, 1.807) is 12.5 Å². The summed E-state index contributed by atoms with van der Waals surface area (Å²) in [6.07, 6.45) is 5.47. The highest BCUT2D eigenvalue weighted by Crippen LogP contribution is 2.24. The lowest BCUT2D eigenvalue weighted by molar-refractivity contribution is 0.0836. The van der Waals surface area contributed by atoms with Crippen LogP contribution in [0.3, 0.4) is 0 Å². The zero-order valence-electron chi connectivity index (χ0n) is 8.31. The van der Waals surface area contributed by atoms with E-state index in [1.165, 1.54) is 0 Å². The van der Waals surface area contributed by atoms with Gasteiger partial charge < -0.3 is 9.72 Å². The Morgan fingerprint density at radius 1 is 1.27 bits per heavy atom. The Hall–Kier alpha value is -1.49. The van der Waals surface area contributed by atoms with Gasteiger partial charge in [0.15, 0.2) is 5.65 Å². The number of aromatic nitrogens is 4. The second-order valence-electron chi connectivity index (χ2n) is 3.75. The van der Waals surface area contributed by atoms with Crippen LogP contribution in [0.2, 0.25) is 0 Å². The van der Waals surface area contributed by atoms with Crippen molar-refractivity contribution in [1.29, 1.82) is 0 Å². The summed E-state index contributed by atoms with van der Waals surface area (Å²) in [5.74, 6) is 1.33. The van der Waals surface area contributed by atoms with Gasteiger partial charge in [0.2, 0.25) is 0 Å². The van der Waals surface area contributed by atoms with Crippen molar-refractivity contribution < 1.29 is 4.74 Å². The molecular formula is C10H12N4O. The Labute approximate surface area is 86.9 Å². The third-order valence-corrected chi connectivity index (χ3v) is 2.78. The lowest BCUT2D eigenvalue weighted by Crippen LogP contribution is -2.16. The normalized spacial score (nSPS) is 18.4. The first-order valence-corrected chi connectivity index (χ1v) is 5.17. The smallest absolute Gasteiger partial charge is 0.180 e. The highest BCUT2D eigenvalue weighted by atomic mass is 16.5. The molecule has 5 nitrogen and oxygen atoms in total. The zero-order valence-corrected chi connectivity index (χ0v) is 8.31. The van der Waals surface area contributed by atoms with E-state index in [0.717, 1.165) is 43.0 Å². The van der Waals surface area contributed by atoms with Gasteiger partial charge >= 0.3 is 0 Å². The molecule has 3 heterocycles. The first-order chi connectivity index (χ1) is 7.43. The molecule has 0 radical (unpaired) electrons. The van der Waals surface area contributed by atoms with Crippen LogP contribution in [0.1, 0.15) is 24.6 Å². The van der Waals surface area contributed by atoms with Crippen LogP contribution in [0.15, 0.2) is 12.5 Å². The minimum atomic E-state index is 0.430. The maximum Gasteiger partial charge on any atom is 0.180 e. The summed E-state index contributed by atoms with van der Waals surface area (Å²) in [6.45, 7) is 1.62. The minimum absolute atomic E-state index is 0.430. The second kappa shape index (κ2) is 3.58. The van der Waals surface area contributed by atoms with Gasteiger partial charge in [0.1, 0.15) is 11.3 Å². The highest BCUT2D eigenvalue weighted by molar-refractivity contribution is 5.68. The van der Waals surface area contributed by atoms with E-state index in [1.807, 2.05) is 0 Å². The molecule has 0 amide bonds. The molecular weight excluding hydrogens is 192 g/mol. The number of imidazole rings is 1. The predicted molar refractivity (Wildman–Crippen MR) is 54.5 cm³/mol. The number of ether oxygens (including phenoxy) is 1. The van der Waals surface area contributed by atoms with Crippen LogP contribution in [0.4, 0.5) is 0 Å². The molecule has 0 spiro atoms. The van der Waals surface area contributed by atoms with Gasteiger partial charge in [0, 0.05) is 19.1 Å². The van der Waals surface area contributed by atoms with Gasteiger partial charge in [-0.3, -0.25) is 0 Å². The molecule has 78 valence electrons. The molecule has 1 N–H and O–H groups in total. The largest absolute Gasteiger partial charge is 0.381 e. The first-order valence-electron chi connectivity index (χ1n) is 5.17. The summed E-state index contributed by atoms with van der Waals surface area (Å²) >= 11 is 0. The van der Waals surface area contributed by atoms with E-state index in [2.05, 4.69) is 19.9 Å². The fraction of sp³-hybridized carbons (Fsp3) is 0.500. The predicted octanol–water partition coefficient (Wildman–Crippen LogP) is 1.25. The molecule has 5 heteroatoms. The summed E-state index contributed by atoms with van der Waals surface area (Å²) in [7, 11) is 0. The van der Waals surface area contributed by atoms with E-state index in [0.29, 0.717) is 5.92 Å². The number of nitrogens with one attached hydrogen (secondary N) is 1. The molecule has 0 atom stereocenters. The van der Waals surface area contributed by atoms with Crippen LogP contribution in [-0.4, -0.2) is 33.1 Å². The number of aromatic amines is 1. The standard InChI is InChI=1S/C10H12N4O/c1-3-15-4-2-7(1)9-11-5-8-10(14-9)13-6-12-8/h5-7H,1-4H2,(H,11,12,13,14). The zero-order chi connectivity index (χ0) is 10.1. The lowest BCUT2D eigenvalue weighted by atomic mass is 9.99. The fourth-order valence-corrected chi connectivity index (χ4v) is 1.90. The van der Waals surface area contributed by atoms with E-state index >= 15 is 0 Å². The molecule has 0 unspecified atom stereocenters. The van der Waals surface area contributed by atoms with E-state index < -0.39 is 0 Å². The van der Waals surface area contributed by atoms with Crippen molar-refractivity contribution in [3.05, 3.63) is 18.3 Å². The van der Waals surface area contributed by atoms with Gasteiger partial charge in [-0.15, -0.1) is 0 Å². The van der Waals surface area contributed by atoms with Crippen LogP contribution < -0.4 is 0 Å². The maximum absolute atomic E-state index is 5.32. The Balaban J connectivity index is 1.95. The summed E-state index contributed by atoms with van der Waals surface area (Å²) in [6, 6.07) is 0. The fourth-order valence-electron chi connectivity index (χ4n) is 1.90. The van der Waals surface area contributed by atoms with Gasteiger partial charge in [-0.2, -0.15) is 0 Å². The summed E-state index contributed by atoms with van der Waals surface area (Å²) in [5.41, 5.74) is 1.65. The molecule has 2 aromatic heterocycles. The number of hydrogen-bond acceptors (Lipinski definition) is 4. The van der Waals surface area contributed by atoms with Gasteiger partial charge in [0.05, 0.1) is 12.5 Å². The van der Waals surface area contributed by atoms with Gasteiger partial charge in [0.25, 0.3) is 0 Å². The van der Waals surface area contributed by atoms with Crippen LogP contribution in [0.25, 0.3) is 11.2 Å². The van der Waals surface area contributed by atoms with Crippen molar-refractivity contribution in [2.75, 3.05) is 13.2 Å². The maximum atomic E-state index is 5.32. The average Bonchev–Trinajstić information content (AvgIpc) is 2.77. The molecule has 1 fully saturated rings. The SMILES string of the molecule is c1nc2nc(C3CCOCC3)ncc2[nH]1. The lowest BCUT2D eigenvalue weighted by Gasteiger charge is -2.20. The van der Waals surface area contributed by atoms with Crippen LogP contribution >= 0.6 is 0 Å². The van der Waals surface area contributed by atoms with Gasteiger partial charge in [-0.25, -0.2) is 15.0 Å². The Bertz CT molecular complexity index is 461. The van der Waals surface area contributed by atoms with E-state index in [-0.39, 0.29) is 0 Å². The van der Waals surface area contributed by atoms with Crippen molar-refractivity contribution >= 4 is 11.2 Å². The molecule has 15 heavy (non-hydrogen) atoms. The molecule has 1 saturated heterocycles. The number of fused-ring (bicyclic) bond motifs is 1. The summed E-state index contributed by atoms with van der Waals surface area (Å²) in [4.78, 5) is 15.9. The topological polar surface area (TPSA) is 63.7 Å². The van der Waals surface area contributed by atoms with Crippen LogP contribution in [-0.2, 0) is 4.74 Å². The molecule has 3 rings (SSSR count). The molecule has 0 bridgehead atoms. The van der Waals surface area contributed by atoms with E-state index in [4.69, 9.17) is 4.74 Å². The van der Waals surface area contributed by atoms with Crippen molar-refractivity contribution in [2.24, 2.45) is 0 Å². The Morgan fingerprint density at radius 2 is 2.13 bits per heavy atom. The van der Waals surface area contributed by atoms with Crippen molar-refractivity contribution in [2.45, 2.75) is 18.8 Å². The van der Waals surface area contributed by atoms with E-state index in [9.17, 15) is 0 Å². The molecule has 2 aromatic rings. The van der Waals surface area contributed by atoms with Crippen molar-refractivity contribution in [3.8, 4) is 0 Å². The van der Waals surface area contributed by atoms with Gasteiger partial charge in [-0.05, 0) is 12.8 Å². The van der Waals surface area contributed by atoms with Gasteiger partial charge in [-0.1, -0.05) is 0 Å². The first kappa shape index (κ1) is 8.79. The third-order valence-electron chi connectivity index (χ3n) is 2.78. The van der Waals surface area contributed by atoms with Crippen molar-refractivity contribution in [1.82, 2.24) is 19.9 Å². The average molecular weight is 204 g/mol.